The van der Waals surface area contributed by atoms with Crippen LogP contribution in [0.2, 0.25) is 0 Å². The third-order valence-electron chi connectivity index (χ3n) is 3.59. The van der Waals surface area contributed by atoms with Crippen LogP contribution in [-0.2, 0) is 22.3 Å². The van der Waals surface area contributed by atoms with Crippen molar-refractivity contribution in [3.05, 3.63) is 35.4 Å². The van der Waals surface area contributed by atoms with Crippen molar-refractivity contribution >= 4 is 24.2 Å². The lowest BCUT2D eigenvalue weighted by molar-refractivity contribution is -0.140. The molecule has 0 unspecified atom stereocenters. The lowest BCUT2D eigenvalue weighted by atomic mass is 10.1. The minimum absolute atomic E-state index is 0. The van der Waals surface area contributed by atoms with Gasteiger partial charge in [-0.25, -0.2) is 0 Å². The number of nitrogens with zero attached hydrogens (tertiary/aromatic N) is 1. The summed E-state index contributed by atoms with van der Waals surface area (Å²) in [7, 11) is 0. The Balaban J connectivity index is 0.00000288. The maximum absolute atomic E-state index is 13.0. The van der Waals surface area contributed by atoms with Crippen molar-refractivity contribution in [2.24, 2.45) is 5.73 Å². The van der Waals surface area contributed by atoms with Gasteiger partial charge in [-0.15, -0.1) is 12.4 Å². The monoisotopic (exact) mass is 365 g/mol. The predicted octanol–water partition coefficient (Wildman–Crippen LogP) is 1.69. The van der Waals surface area contributed by atoms with E-state index in [4.69, 9.17) is 5.73 Å². The Bertz CT molecular complexity index is 592. The first-order valence-electron chi connectivity index (χ1n) is 7.24. The lowest BCUT2D eigenvalue weighted by Gasteiger charge is -2.24. The van der Waals surface area contributed by atoms with Gasteiger partial charge in [-0.05, 0) is 24.5 Å². The molecule has 0 saturated heterocycles. The van der Waals surface area contributed by atoms with E-state index in [0.29, 0.717) is 0 Å². The van der Waals surface area contributed by atoms with Gasteiger partial charge in [-0.3, -0.25) is 9.59 Å². The zero-order valence-electron chi connectivity index (χ0n) is 12.8. The van der Waals surface area contributed by atoms with Gasteiger partial charge in [0, 0.05) is 12.6 Å². The molecule has 0 aliphatic heterocycles. The second-order valence-electron chi connectivity index (χ2n) is 5.39. The number of carbonyl (C=O) groups is 2. The quantitative estimate of drug-likeness (QED) is 0.805. The van der Waals surface area contributed by atoms with Gasteiger partial charge in [-0.1, -0.05) is 18.2 Å². The van der Waals surface area contributed by atoms with Gasteiger partial charge in [0.05, 0.1) is 18.7 Å². The molecule has 2 rings (SSSR count). The van der Waals surface area contributed by atoms with Crippen molar-refractivity contribution in [3.8, 4) is 0 Å². The number of benzene rings is 1. The molecule has 1 aromatic rings. The fraction of sp³-hybridized carbons (Fsp3) is 0.467. The predicted molar refractivity (Wildman–Crippen MR) is 84.3 cm³/mol. The van der Waals surface area contributed by atoms with Crippen LogP contribution in [0.25, 0.3) is 0 Å². The van der Waals surface area contributed by atoms with Crippen molar-refractivity contribution in [3.63, 3.8) is 0 Å². The van der Waals surface area contributed by atoms with Crippen LogP contribution in [-0.4, -0.2) is 35.8 Å². The molecule has 1 aliphatic carbocycles. The molecule has 2 amide bonds. The first-order valence-corrected chi connectivity index (χ1v) is 7.24. The van der Waals surface area contributed by atoms with E-state index in [1.165, 1.54) is 23.1 Å². The molecule has 134 valence electrons. The van der Waals surface area contributed by atoms with Crippen molar-refractivity contribution in [1.29, 1.82) is 0 Å². The Morgan fingerprint density at radius 3 is 2.42 bits per heavy atom. The summed E-state index contributed by atoms with van der Waals surface area (Å²) < 4.78 is 39.1. The number of nitrogens with two attached hydrogens (primary N) is 1. The molecule has 0 radical (unpaired) electrons. The highest BCUT2D eigenvalue weighted by molar-refractivity contribution is 5.86. The van der Waals surface area contributed by atoms with Crippen LogP contribution < -0.4 is 11.1 Å². The number of halogens is 4. The maximum Gasteiger partial charge on any atom is 0.416 e. The van der Waals surface area contributed by atoms with E-state index in [-0.39, 0.29) is 43.6 Å². The van der Waals surface area contributed by atoms with Gasteiger partial charge in [-0.2, -0.15) is 13.2 Å². The summed E-state index contributed by atoms with van der Waals surface area (Å²) in [6.07, 6.45) is -2.96. The number of hydrogen-bond acceptors (Lipinski definition) is 3. The number of rotatable bonds is 6. The third kappa shape index (κ3) is 5.38. The average Bonchev–Trinajstić information content (AvgIpc) is 3.34. The zero-order valence-corrected chi connectivity index (χ0v) is 13.6. The molecular formula is C15H19ClF3N3O2. The normalized spacial score (nSPS) is 13.8. The van der Waals surface area contributed by atoms with Crippen LogP contribution in [0, 0.1) is 0 Å². The van der Waals surface area contributed by atoms with Crippen molar-refractivity contribution in [2.75, 3.05) is 13.1 Å². The van der Waals surface area contributed by atoms with Crippen LogP contribution in [0.5, 0.6) is 0 Å². The van der Waals surface area contributed by atoms with Crippen molar-refractivity contribution in [1.82, 2.24) is 10.2 Å². The molecule has 5 nitrogen and oxygen atoms in total. The average molecular weight is 366 g/mol. The van der Waals surface area contributed by atoms with Gasteiger partial charge in [0.2, 0.25) is 11.8 Å². The molecule has 1 saturated carbocycles. The first kappa shape index (κ1) is 20.2. The standard InChI is InChI=1S/C15H18F3N3O2.ClH/c16-15(17,18)12-4-2-1-3-10(12)9-21(11-5-6-11)14(23)8-20-13(22)7-19;/h1-4,11H,5-9,19H2,(H,20,22);1H. The summed E-state index contributed by atoms with van der Waals surface area (Å²) in [5, 5.41) is 2.35. The van der Waals surface area contributed by atoms with Crippen LogP contribution >= 0.6 is 12.4 Å². The summed E-state index contributed by atoms with van der Waals surface area (Å²) in [5.74, 6) is -0.893. The van der Waals surface area contributed by atoms with E-state index in [1.54, 1.807) is 0 Å². The Morgan fingerprint density at radius 1 is 1.25 bits per heavy atom. The topological polar surface area (TPSA) is 75.4 Å². The van der Waals surface area contributed by atoms with E-state index >= 15 is 0 Å². The second kappa shape index (κ2) is 8.34. The Hall–Kier alpha value is -1.80. The molecule has 0 aromatic heterocycles. The molecular weight excluding hydrogens is 347 g/mol. The SMILES string of the molecule is Cl.NCC(=O)NCC(=O)N(Cc1ccccc1C(F)(F)F)C1CC1. The highest BCUT2D eigenvalue weighted by atomic mass is 35.5. The summed E-state index contributed by atoms with van der Waals surface area (Å²) >= 11 is 0. The van der Waals surface area contributed by atoms with Gasteiger partial charge in [0.1, 0.15) is 0 Å². The number of carbonyl (C=O) groups excluding carboxylic acids is 2. The van der Waals surface area contributed by atoms with E-state index in [0.717, 1.165) is 18.9 Å². The smallest absolute Gasteiger partial charge is 0.346 e. The van der Waals surface area contributed by atoms with E-state index in [9.17, 15) is 22.8 Å². The first-order chi connectivity index (χ1) is 10.8. The Kier molecular flexibility index (Phi) is 7.04. The molecule has 3 N–H and O–H groups in total. The zero-order chi connectivity index (χ0) is 17.0. The molecule has 0 heterocycles. The summed E-state index contributed by atoms with van der Waals surface area (Å²) in [6.45, 7) is -0.633. The number of alkyl halides is 3. The van der Waals surface area contributed by atoms with Gasteiger partial charge >= 0.3 is 6.18 Å². The van der Waals surface area contributed by atoms with E-state index in [1.807, 2.05) is 0 Å². The van der Waals surface area contributed by atoms with E-state index < -0.39 is 23.6 Å². The van der Waals surface area contributed by atoms with Crippen molar-refractivity contribution < 1.29 is 22.8 Å². The van der Waals surface area contributed by atoms with Crippen LogP contribution in [0.3, 0.4) is 0 Å². The summed E-state index contributed by atoms with van der Waals surface area (Å²) in [6, 6.07) is 5.12. The molecule has 0 atom stereocenters. The highest BCUT2D eigenvalue weighted by Gasteiger charge is 2.36. The highest BCUT2D eigenvalue weighted by Crippen LogP contribution is 2.34. The van der Waals surface area contributed by atoms with E-state index in [2.05, 4.69) is 5.32 Å². The summed E-state index contributed by atoms with van der Waals surface area (Å²) in [5.41, 5.74) is 4.44. The molecule has 9 heteroatoms. The van der Waals surface area contributed by atoms with Gasteiger partial charge in [0.15, 0.2) is 0 Å². The summed E-state index contributed by atoms with van der Waals surface area (Å²) in [4.78, 5) is 24.7. The van der Waals surface area contributed by atoms with Gasteiger partial charge in [0.25, 0.3) is 0 Å². The molecule has 1 aromatic carbocycles. The Morgan fingerprint density at radius 2 is 1.88 bits per heavy atom. The largest absolute Gasteiger partial charge is 0.416 e. The molecule has 24 heavy (non-hydrogen) atoms. The fourth-order valence-electron chi connectivity index (χ4n) is 2.27. The van der Waals surface area contributed by atoms with Crippen LogP contribution in [0.15, 0.2) is 24.3 Å². The lowest BCUT2D eigenvalue weighted by Crippen LogP contribution is -2.42. The molecule has 1 fully saturated rings. The molecule has 0 spiro atoms. The van der Waals surface area contributed by atoms with Crippen molar-refractivity contribution in [2.45, 2.75) is 31.6 Å². The third-order valence-corrected chi connectivity index (χ3v) is 3.59. The van der Waals surface area contributed by atoms with Gasteiger partial charge < -0.3 is 16.0 Å². The Labute approximate surface area is 143 Å². The van der Waals surface area contributed by atoms with Crippen LogP contribution in [0.1, 0.15) is 24.0 Å². The maximum atomic E-state index is 13.0. The minimum atomic E-state index is -4.47. The minimum Gasteiger partial charge on any atom is -0.346 e. The number of nitrogens with one attached hydrogen (secondary N) is 1. The number of hydrogen-bond donors (Lipinski definition) is 2. The second-order valence-corrected chi connectivity index (χ2v) is 5.39. The fourth-order valence-corrected chi connectivity index (χ4v) is 2.27. The molecule has 1 aliphatic rings. The number of amides is 2. The molecule has 0 bridgehead atoms. The van der Waals surface area contributed by atoms with Crippen LogP contribution in [0.4, 0.5) is 13.2 Å².